The van der Waals surface area contributed by atoms with Crippen molar-refractivity contribution < 1.29 is 0 Å². The van der Waals surface area contributed by atoms with E-state index in [2.05, 4.69) is 31.5 Å². The van der Waals surface area contributed by atoms with Gasteiger partial charge in [0, 0.05) is 6.54 Å². The molecule has 1 atom stereocenters. The van der Waals surface area contributed by atoms with E-state index in [-0.39, 0.29) is 5.56 Å². The van der Waals surface area contributed by atoms with Gasteiger partial charge in [0.1, 0.15) is 0 Å². The SMILES string of the molecule is CC(C)C(CS)Cn1c(=O)cnc2ccccc21. The molecule has 0 amide bonds. The molecular weight excluding hydrogens is 244 g/mol. The summed E-state index contributed by atoms with van der Waals surface area (Å²) < 4.78 is 1.81. The molecule has 2 rings (SSSR count). The molecule has 96 valence electrons. The molecule has 1 aromatic carbocycles. The lowest BCUT2D eigenvalue weighted by Crippen LogP contribution is -2.27. The van der Waals surface area contributed by atoms with Gasteiger partial charge in [0.2, 0.25) is 0 Å². The summed E-state index contributed by atoms with van der Waals surface area (Å²) in [6, 6.07) is 7.74. The molecule has 0 aliphatic rings. The predicted molar refractivity (Wildman–Crippen MR) is 78.2 cm³/mol. The minimum absolute atomic E-state index is 0.0406. The first-order valence-electron chi connectivity index (χ1n) is 6.19. The third kappa shape index (κ3) is 2.58. The maximum Gasteiger partial charge on any atom is 0.269 e. The summed E-state index contributed by atoms with van der Waals surface area (Å²) in [7, 11) is 0. The van der Waals surface area contributed by atoms with Gasteiger partial charge < -0.3 is 4.57 Å². The fourth-order valence-electron chi connectivity index (χ4n) is 2.02. The third-order valence-electron chi connectivity index (χ3n) is 3.35. The van der Waals surface area contributed by atoms with Gasteiger partial charge in [0.25, 0.3) is 5.56 Å². The second-order valence-electron chi connectivity index (χ2n) is 4.88. The summed E-state index contributed by atoms with van der Waals surface area (Å²) in [5.74, 6) is 1.67. The summed E-state index contributed by atoms with van der Waals surface area (Å²) in [5, 5.41) is 0. The van der Waals surface area contributed by atoms with Crippen molar-refractivity contribution in [1.29, 1.82) is 0 Å². The Morgan fingerprint density at radius 3 is 2.72 bits per heavy atom. The van der Waals surface area contributed by atoms with Crippen molar-refractivity contribution in [1.82, 2.24) is 9.55 Å². The van der Waals surface area contributed by atoms with E-state index in [0.29, 0.717) is 18.4 Å². The number of thiol groups is 1. The fraction of sp³-hybridized carbons (Fsp3) is 0.429. The van der Waals surface area contributed by atoms with Crippen LogP contribution < -0.4 is 5.56 Å². The van der Waals surface area contributed by atoms with Gasteiger partial charge >= 0.3 is 0 Å². The Hall–Kier alpha value is -1.29. The lowest BCUT2D eigenvalue weighted by molar-refractivity contribution is 0.372. The molecule has 0 radical (unpaired) electrons. The van der Waals surface area contributed by atoms with Crippen molar-refractivity contribution in [3.63, 3.8) is 0 Å². The van der Waals surface area contributed by atoms with Crippen LogP contribution >= 0.6 is 12.6 Å². The molecule has 1 aromatic heterocycles. The topological polar surface area (TPSA) is 34.9 Å². The highest BCUT2D eigenvalue weighted by Gasteiger charge is 2.14. The van der Waals surface area contributed by atoms with Crippen LogP contribution in [-0.4, -0.2) is 15.3 Å². The highest BCUT2D eigenvalue weighted by atomic mass is 32.1. The van der Waals surface area contributed by atoms with Crippen molar-refractivity contribution in [3.8, 4) is 0 Å². The highest BCUT2D eigenvalue weighted by molar-refractivity contribution is 7.80. The van der Waals surface area contributed by atoms with Crippen LogP contribution in [0.4, 0.5) is 0 Å². The zero-order valence-electron chi connectivity index (χ0n) is 10.7. The molecule has 1 unspecified atom stereocenters. The maximum atomic E-state index is 12.0. The van der Waals surface area contributed by atoms with Crippen molar-refractivity contribution in [2.45, 2.75) is 20.4 Å². The van der Waals surface area contributed by atoms with E-state index >= 15 is 0 Å². The Bertz CT molecular complexity index is 592. The normalized spacial score (nSPS) is 13.1. The van der Waals surface area contributed by atoms with Crippen LogP contribution in [0.15, 0.2) is 35.3 Å². The first-order chi connectivity index (χ1) is 8.63. The molecule has 0 saturated heterocycles. The average molecular weight is 262 g/mol. The first kappa shape index (κ1) is 13.1. The zero-order valence-corrected chi connectivity index (χ0v) is 11.6. The maximum absolute atomic E-state index is 12.0. The molecule has 0 spiro atoms. The number of hydrogen-bond acceptors (Lipinski definition) is 3. The summed E-state index contributed by atoms with van der Waals surface area (Å²) in [6.07, 6.45) is 1.40. The second-order valence-corrected chi connectivity index (χ2v) is 5.25. The average Bonchev–Trinajstić information content (AvgIpc) is 2.37. The largest absolute Gasteiger partial charge is 0.305 e. The van der Waals surface area contributed by atoms with Crippen LogP contribution in [0, 0.1) is 11.8 Å². The summed E-state index contributed by atoms with van der Waals surface area (Å²) in [6.45, 7) is 5.02. The van der Waals surface area contributed by atoms with Crippen LogP contribution in [0.3, 0.4) is 0 Å². The molecule has 4 heteroatoms. The summed E-state index contributed by atoms with van der Waals surface area (Å²) in [4.78, 5) is 16.1. The minimum atomic E-state index is -0.0406. The molecular formula is C14H18N2OS. The molecule has 1 heterocycles. The van der Waals surface area contributed by atoms with E-state index in [4.69, 9.17) is 0 Å². The molecule has 0 fully saturated rings. The standard InChI is InChI=1S/C14H18N2OS/c1-10(2)11(9-18)8-16-13-6-4-3-5-12(13)15-7-14(16)17/h3-7,10-11,18H,8-9H2,1-2H3. The second kappa shape index (κ2) is 5.57. The van der Waals surface area contributed by atoms with E-state index < -0.39 is 0 Å². The zero-order chi connectivity index (χ0) is 13.1. The van der Waals surface area contributed by atoms with Crippen molar-refractivity contribution in [2.75, 3.05) is 5.75 Å². The van der Waals surface area contributed by atoms with Crippen LogP contribution in [0.2, 0.25) is 0 Å². The van der Waals surface area contributed by atoms with Gasteiger partial charge in [-0.15, -0.1) is 0 Å². The number of rotatable bonds is 4. The Morgan fingerprint density at radius 2 is 2.06 bits per heavy atom. The predicted octanol–water partition coefficient (Wildman–Crippen LogP) is 2.60. The van der Waals surface area contributed by atoms with Gasteiger partial charge in [0.05, 0.1) is 17.2 Å². The summed E-state index contributed by atoms with van der Waals surface area (Å²) >= 11 is 4.38. The van der Waals surface area contributed by atoms with Gasteiger partial charge in [-0.3, -0.25) is 4.79 Å². The lowest BCUT2D eigenvalue weighted by Gasteiger charge is -2.20. The van der Waals surface area contributed by atoms with Crippen LogP contribution in [0.25, 0.3) is 11.0 Å². The van der Waals surface area contributed by atoms with E-state index in [9.17, 15) is 4.79 Å². The van der Waals surface area contributed by atoms with E-state index in [1.54, 1.807) is 0 Å². The fourth-order valence-corrected chi connectivity index (χ4v) is 2.55. The van der Waals surface area contributed by atoms with Crippen molar-refractivity contribution in [2.24, 2.45) is 11.8 Å². The van der Waals surface area contributed by atoms with Gasteiger partial charge in [0.15, 0.2) is 0 Å². The van der Waals surface area contributed by atoms with Crippen LogP contribution in [-0.2, 0) is 6.54 Å². The molecule has 2 aromatic rings. The molecule has 0 aliphatic heterocycles. The van der Waals surface area contributed by atoms with Gasteiger partial charge in [-0.05, 0) is 29.7 Å². The quantitative estimate of drug-likeness (QED) is 0.860. The highest BCUT2D eigenvalue weighted by Crippen LogP contribution is 2.17. The molecule has 18 heavy (non-hydrogen) atoms. The van der Waals surface area contributed by atoms with Crippen LogP contribution in [0.5, 0.6) is 0 Å². The number of para-hydroxylation sites is 2. The van der Waals surface area contributed by atoms with Gasteiger partial charge in [-0.1, -0.05) is 26.0 Å². The van der Waals surface area contributed by atoms with E-state index in [1.165, 1.54) is 6.20 Å². The molecule has 0 N–H and O–H groups in total. The Balaban J connectivity index is 2.49. The molecule has 0 aliphatic carbocycles. The van der Waals surface area contributed by atoms with Gasteiger partial charge in [-0.25, -0.2) is 4.98 Å². The number of nitrogens with zero attached hydrogens (tertiary/aromatic N) is 2. The monoisotopic (exact) mass is 262 g/mol. The number of fused-ring (bicyclic) bond motifs is 1. The number of aromatic nitrogens is 2. The van der Waals surface area contributed by atoms with Crippen molar-refractivity contribution in [3.05, 3.63) is 40.8 Å². The first-order valence-corrected chi connectivity index (χ1v) is 6.82. The Morgan fingerprint density at radius 1 is 1.33 bits per heavy atom. The lowest BCUT2D eigenvalue weighted by atomic mass is 9.98. The molecule has 0 saturated carbocycles. The molecule has 0 bridgehead atoms. The third-order valence-corrected chi connectivity index (χ3v) is 3.82. The van der Waals surface area contributed by atoms with Crippen LogP contribution in [0.1, 0.15) is 13.8 Å². The van der Waals surface area contributed by atoms with E-state index in [0.717, 1.165) is 16.8 Å². The Labute approximate surface area is 112 Å². The minimum Gasteiger partial charge on any atom is -0.305 e. The van der Waals surface area contributed by atoms with E-state index in [1.807, 2.05) is 28.8 Å². The van der Waals surface area contributed by atoms with Crippen molar-refractivity contribution >= 4 is 23.7 Å². The Kier molecular flexibility index (Phi) is 4.07. The molecule has 3 nitrogen and oxygen atoms in total. The smallest absolute Gasteiger partial charge is 0.269 e. The number of hydrogen-bond donors (Lipinski definition) is 1. The summed E-state index contributed by atoms with van der Waals surface area (Å²) in [5.41, 5.74) is 1.72. The van der Waals surface area contributed by atoms with Gasteiger partial charge in [-0.2, -0.15) is 12.6 Å². The number of benzene rings is 1.